The molecule has 1 heterocycles. The predicted molar refractivity (Wildman–Crippen MR) is 117 cm³/mol. The maximum Gasteiger partial charge on any atom is 0.185 e. The third-order valence-corrected chi connectivity index (χ3v) is 4.94. The fourth-order valence-corrected chi connectivity index (χ4v) is 3.41. The number of rotatable bonds is 6. The van der Waals surface area contributed by atoms with E-state index in [-0.39, 0.29) is 11.8 Å². The quantitative estimate of drug-likeness (QED) is 0.421. The van der Waals surface area contributed by atoms with Crippen LogP contribution in [0.25, 0.3) is 0 Å². The van der Waals surface area contributed by atoms with Crippen LogP contribution < -0.4 is 9.75 Å². The normalized spacial score (nSPS) is 16.1. The molecule has 0 saturated carbocycles. The van der Waals surface area contributed by atoms with Crippen molar-refractivity contribution >= 4 is 17.2 Å². The molecule has 0 unspecified atom stereocenters. The summed E-state index contributed by atoms with van der Waals surface area (Å²) in [6.45, 7) is 0. The monoisotopic (exact) mass is 382 g/mol. The van der Waals surface area contributed by atoms with Crippen molar-refractivity contribution < 1.29 is 9.53 Å². The molecule has 4 nitrogen and oxygen atoms in total. The van der Waals surface area contributed by atoms with Gasteiger partial charge >= 0.3 is 0 Å². The van der Waals surface area contributed by atoms with E-state index in [0.717, 1.165) is 23.6 Å². The Hall–Kier alpha value is -3.66. The highest BCUT2D eigenvalue weighted by molar-refractivity contribution is 6.09. The first-order valence-corrected chi connectivity index (χ1v) is 9.58. The van der Waals surface area contributed by atoms with Crippen molar-refractivity contribution in [1.29, 1.82) is 0 Å². The van der Waals surface area contributed by atoms with Gasteiger partial charge in [0, 0.05) is 12.0 Å². The number of carbonyl (C=O) groups is 1. The topological polar surface area (TPSA) is 41.9 Å². The number of nitrogens with zero attached hydrogens (tertiary/aromatic N) is 2. The van der Waals surface area contributed by atoms with Gasteiger partial charge in [-0.3, -0.25) is 9.80 Å². The van der Waals surface area contributed by atoms with E-state index < -0.39 is 0 Å². The second-order valence-electron chi connectivity index (χ2n) is 6.83. The molecule has 3 aromatic rings. The number of allylic oxidation sites excluding steroid dienone is 2. The molecule has 0 N–H and O–H groups in total. The third kappa shape index (κ3) is 4.27. The molecule has 0 spiro atoms. The lowest BCUT2D eigenvalue weighted by Gasteiger charge is -2.23. The Morgan fingerprint density at radius 2 is 1.62 bits per heavy atom. The molecule has 3 aromatic carbocycles. The van der Waals surface area contributed by atoms with Crippen LogP contribution in [0.2, 0.25) is 0 Å². The van der Waals surface area contributed by atoms with Crippen LogP contribution in [0.4, 0.5) is 5.69 Å². The Bertz CT molecular complexity index is 1030. The fourth-order valence-electron chi connectivity index (χ4n) is 3.41. The van der Waals surface area contributed by atoms with E-state index in [1.807, 2.05) is 47.5 Å². The van der Waals surface area contributed by atoms with E-state index in [2.05, 4.69) is 24.3 Å². The summed E-state index contributed by atoms with van der Waals surface area (Å²) < 4.78 is 5.14. The van der Waals surface area contributed by atoms with Crippen LogP contribution in [0, 0.1) is 0 Å². The van der Waals surface area contributed by atoms with Gasteiger partial charge in [-0.15, -0.1) is 0 Å². The molecule has 1 aliphatic heterocycles. The minimum atomic E-state index is -0.0511. The molecule has 0 bridgehead atoms. The van der Waals surface area contributed by atoms with E-state index in [9.17, 15) is 4.79 Å². The third-order valence-electron chi connectivity index (χ3n) is 4.94. The molecule has 0 aromatic heterocycles. The van der Waals surface area contributed by atoms with Crippen molar-refractivity contribution in [3.63, 3.8) is 0 Å². The van der Waals surface area contributed by atoms with Crippen LogP contribution in [-0.4, -0.2) is 18.6 Å². The summed E-state index contributed by atoms with van der Waals surface area (Å²) in [4.78, 5) is 12.5. The highest BCUT2D eigenvalue weighted by Gasteiger charge is 2.28. The van der Waals surface area contributed by atoms with Gasteiger partial charge in [-0.2, -0.15) is 5.10 Å². The van der Waals surface area contributed by atoms with E-state index in [1.54, 1.807) is 37.5 Å². The van der Waals surface area contributed by atoms with Crippen LogP contribution in [0.15, 0.2) is 102 Å². The number of para-hydroxylation sites is 1. The minimum Gasteiger partial charge on any atom is -0.497 e. The Morgan fingerprint density at radius 3 is 2.28 bits per heavy atom. The van der Waals surface area contributed by atoms with Crippen molar-refractivity contribution in [2.75, 3.05) is 12.1 Å². The summed E-state index contributed by atoms with van der Waals surface area (Å²) in [5, 5.41) is 6.83. The zero-order valence-electron chi connectivity index (χ0n) is 16.2. The Labute approximate surface area is 170 Å². The zero-order valence-corrected chi connectivity index (χ0v) is 16.2. The van der Waals surface area contributed by atoms with Crippen LogP contribution in [-0.2, 0) is 0 Å². The van der Waals surface area contributed by atoms with Crippen molar-refractivity contribution in [1.82, 2.24) is 0 Å². The lowest BCUT2D eigenvalue weighted by Crippen LogP contribution is -2.18. The zero-order chi connectivity index (χ0) is 20.1. The number of ether oxygens (including phenoxy) is 1. The maximum atomic E-state index is 12.5. The number of hydrogen-bond donors (Lipinski definition) is 0. The fraction of sp³-hybridized carbons (Fsp3) is 0.120. The lowest BCUT2D eigenvalue weighted by atomic mass is 10.0. The molecule has 0 fully saturated rings. The number of hydrazone groups is 1. The highest BCUT2D eigenvalue weighted by atomic mass is 16.5. The molecule has 4 heteroatoms. The van der Waals surface area contributed by atoms with Crippen molar-refractivity contribution in [2.24, 2.45) is 5.10 Å². The van der Waals surface area contributed by atoms with E-state index >= 15 is 0 Å². The first-order valence-electron chi connectivity index (χ1n) is 9.58. The van der Waals surface area contributed by atoms with Gasteiger partial charge in [0.25, 0.3) is 0 Å². The van der Waals surface area contributed by atoms with Crippen LogP contribution in [0.1, 0.15) is 28.4 Å². The largest absolute Gasteiger partial charge is 0.497 e. The first kappa shape index (κ1) is 18.7. The number of benzene rings is 3. The summed E-state index contributed by atoms with van der Waals surface area (Å²) in [5.74, 6) is 0.680. The van der Waals surface area contributed by atoms with Crippen molar-refractivity contribution in [3.8, 4) is 5.75 Å². The molecular weight excluding hydrogens is 360 g/mol. The predicted octanol–water partition coefficient (Wildman–Crippen LogP) is 5.44. The summed E-state index contributed by atoms with van der Waals surface area (Å²) >= 11 is 0. The Balaban J connectivity index is 1.56. The molecule has 29 heavy (non-hydrogen) atoms. The van der Waals surface area contributed by atoms with Gasteiger partial charge in [0.2, 0.25) is 0 Å². The highest BCUT2D eigenvalue weighted by Crippen LogP contribution is 2.35. The maximum absolute atomic E-state index is 12.5. The van der Waals surface area contributed by atoms with E-state index in [0.29, 0.717) is 5.56 Å². The molecule has 1 aliphatic rings. The van der Waals surface area contributed by atoms with Gasteiger partial charge in [0.15, 0.2) is 5.78 Å². The smallest absolute Gasteiger partial charge is 0.185 e. The first-order chi connectivity index (χ1) is 14.2. The average molecular weight is 382 g/mol. The summed E-state index contributed by atoms with van der Waals surface area (Å²) in [7, 11) is 1.61. The second-order valence-corrected chi connectivity index (χ2v) is 6.83. The number of methoxy groups -OCH3 is 1. The number of hydrogen-bond acceptors (Lipinski definition) is 4. The van der Waals surface area contributed by atoms with Crippen LogP contribution in [0.5, 0.6) is 5.75 Å². The van der Waals surface area contributed by atoms with Crippen LogP contribution >= 0.6 is 0 Å². The van der Waals surface area contributed by atoms with Crippen LogP contribution in [0.3, 0.4) is 0 Å². The van der Waals surface area contributed by atoms with E-state index in [1.165, 1.54) is 5.56 Å². The second kappa shape index (κ2) is 8.57. The van der Waals surface area contributed by atoms with Gasteiger partial charge in [-0.05, 0) is 54.1 Å². The van der Waals surface area contributed by atoms with Gasteiger partial charge in [0.1, 0.15) is 5.75 Å². The summed E-state index contributed by atoms with van der Waals surface area (Å²) in [6.07, 6.45) is 4.16. The van der Waals surface area contributed by atoms with Gasteiger partial charge in [-0.1, -0.05) is 48.5 Å². The molecule has 144 valence electrons. The molecule has 1 atom stereocenters. The summed E-state index contributed by atoms with van der Waals surface area (Å²) in [5.41, 5.74) is 3.74. The average Bonchev–Trinajstić information content (AvgIpc) is 3.23. The lowest BCUT2D eigenvalue weighted by molar-refractivity contribution is 0.104. The van der Waals surface area contributed by atoms with E-state index in [4.69, 9.17) is 9.84 Å². The van der Waals surface area contributed by atoms with Crippen molar-refractivity contribution in [2.45, 2.75) is 12.5 Å². The summed E-state index contributed by atoms with van der Waals surface area (Å²) in [6, 6.07) is 27.7. The molecule has 0 radical (unpaired) electrons. The van der Waals surface area contributed by atoms with Gasteiger partial charge in [0.05, 0.1) is 24.6 Å². The van der Waals surface area contributed by atoms with Gasteiger partial charge in [-0.25, -0.2) is 0 Å². The molecular formula is C25H22N2O2. The standard InChI is InChI=1S/C25H22N2O2/c1-29-23-15-12-20(13-16-23)25(28)17-14-21-18-24(19-8-4-2-5-9-19)27(26-21)22-10-6-3-7-11-22/h2-17,24H,18H2,1H3/b17-14+/t24-/m0/s1. The number of carbonyl (C=O) groups excluding carboxylic acids is 1. The number of ketones is 1. The molecule has 0 saturated heterocycles. The number of anilines is 1. The molecule has 0 amide bonds. The minimum absolute atomic E-state index is 0.0511. The van der Waals surface area contributed by atoms with Crippen molar-refractivity contribution in [3.05, 3.63) is 108 Å². The molecule has 0 aliphatic carbocycles. The SMILES string of the molecule is COc1ccc(C(=O)/C=C/C2=NN(c3ccccc3)[C@H](c3ccccc3)C2)cc1. The Morgan fingerprint density at radius 1 is 0.966 bits per heavy atom. The Kier molecular flexibility index (Phi) is 5.52. The van der Waals surface area contributed by atoms with Gasteiger partial charge < -0.3 is 4.74 Å². The molecule has 4 rings (SSSR count).